The summed E-state index contributed by atoms with van der Waals surface area (Å²) in [6.07, 6.45) is 1.83. The molecule has 0 fully saturated rings. The number of anilines is 1. The second-order valence-electron chi connectivity index (χ2n) is 7.48. The normalized spacial score (nSPS) is 10.8. The van der Waals surface area contributed by atoms with Crippen LogP contribution in [0.15, 0.2) is 79.0 Å². The van der Waals surface area contributed by atoms with E-state index in [0.717, 1.165) is 10.9 Å². The molecule has 0 atom stereocenters. The number of amides is 2. The fourth-order valence-electron chi connectivity index (χ4n) is 3.24. The number of hydrogen-bond donors (Lipinski definition) is 3. The lowest BCUT2D eigenvalue weighted by Gasteiger charge is -2.15. The first-order valence-corrected chi connectivity index (χ1v) is 10.1. The minimum Gasteiger partial charge on any atom is -0.457 e. The van der Waals surface area contributed by atoms with E-state index in [1.165, 1.54) is 0 Å². The van der Waals surface area contributed by atoms with Crippen molar-refractivity contribution in [1.82, 2.24) is 10.3 Å². The molecule has 3 aromatic carbocycles. The van der Waals surface area contributed by atoms with Gasteiger partial charge in [0.15, 0.2) is 0 Å². The third-order valence-corrected chi connectivity index (χ3v) is 4.70. The van der Waals surface area contributed by atoms with Gasteiger partial charge in [0.25, 0.3) is 11.8 Å². The molecule has 0 saturated heterocycles. The maximum atomic E-state index is 12.9. The van der Waals surface area contributed by atoms with Gasteiger partial charge in [-0.25, -0.2) is 0 Å². The average molecular weight is 413 g/mol. The SMILES string of the molecule is CC(C)NC(=O)c1cc(Oc2ccccc2)ccc1NC(=O)c1ccc2[nH]ccc2c1. The van der Waals surface area contributed by atoms with Gasteiger partial charge in [0.1, 0.15) is 11.5 Å². The third-order valence-electron chi connectivity index (χ3n) is 4.70. The van der Waals surface area contributed by atoms with Gasteiger partial charge in [0.2, 0.25) is 0 Å². The fourth-order valence-corrected chi connectivity index (χ4v) is 3.24. The Bertz CT molecular complexity index is 1230. The van der Waals surface area contributed by atoms with Crippen molar-refractivity contribution in [3.63, 3.8) is 0 Å². The highest BCUT2D eigenvalue weighted by molar-refractivity contribution is 6.10. The molecule has 4 aromatic rings. The molecule has 0 unspecified atom stereocenters. The Hall–Kier alpha value is -4.06. The first-order chi connectivity index (χ1) is 15.0. The Morgan fingerprint density at radius 1 is 0.871 bits per heavy atom. The lowest BCUT2D eigenvalue weighted by molar-refractivity contribution is 0.0943. The van der Waals surface area contributed by atoms with E-state index in [2.05, 4.69) is 15.6 Å². The van der Waals surface area contributed by atoms with Crippen molar-refractivity contribution >= 4 is 28.4 Å². The number of nitrogens with one attached hydrogen (secondary N) is 3. The van der Waals surface area contributed by atoms with Gasteiger partial charge in [-0.1, -0.05) is 18.2 Å². The number of H-pyrrole nitrogens is 1. The van der Waals surface area contributed by atoms with Crippen LogP contribution in [0.4, 0.5) is 5.69 Å². The Morgan fingerprint density at radius 2 is 1.68 bits per heavy atom. The molecule has 2 amide bonds. The molecule has 31 heavy (non-hydrogen) atoms. The van der Waals surface area contributed by atoms with Gasteiger partial charge in [-0.2, -0.15) is 0 Å². The molecule has 1 heterocycles. The van der Waals surface area contributed by atoms with Gasteiger partial charge < -0.3 is 20.4 Å². The molecule has 0 saturated carbocycles. The lowest BCUT2D eigenvalue weighted by Crippen LogP contribution is -2.31. The maximum absolute atomic E-state index is 12.9. The van der Waals surface area contributed by atoms with Gasteiger partial charge in [-0.05, 0) is 68.4 Å². The van der Waals surface area contributed by atoms with Crippen LogP contribution in [0.1, 0.15) is 34.6 Å². The van der Waals surface area contributed by atoms with Crippen LogP contribution >= 0.6 is 0 Å². The quantitative estimate of drug-likeness (QED) is 0.398. The Kier molecular flexibility index (Phi) is 5.71. The smallest absolute Gasteiger partial charge is 0.255 e. The molecule has 156 valence electrons. The predicted molar refractivity (Wildman–Crippen MR) is 122 cm³/mol. The van der Waals surface area contributed by atoms with E-state index in [1.54, 1.807) is 24.3 Å². The van der Waals surface area contributed by atoms with Crippen LogP contribution in [0.5, 0.6) is 11.5 Å². The number of carbonyl (C=O) groups is 2. The lowest BCUT2D eigenvalue weighted by atomic mass is 10.1. The van der Waals surface area contributed by atoms with Crippen molar-refractivity contribution in [3.05, 3.63) is 90.1 Å². The number of ether oxygens (including phenoxy) is 1. The van der Waals surface area contributed by atoms with Crippen LogP contribution in [0.25, 0.3) is 10.9 Å². The summed E-state index contributed by atoms with van der Waals surface area (Å²) in [5.74, 6) is 0.587. The average Bonchev–Trinajstić information content (AvgIpc) is 3.23. The number of para-hydroxylation sites is 1. The van der Waals surface area contributed by atoms with E-state index in [-0.39, 0.29) is 17.9 Å². The van der Waals surface area contributed by atoms with Crippen molar-refractivity contribution < 1.29 is 14.3 Å². The number of aromatic nitrogens is 1. The number of fused-ring (bicyclic) bond motifs is 1. The van der Waals surface area contributed by atoms with Crippen LogP contribution in [-0.4, -0.2) is 22.8 Å². The highest BCUT2D eigenvalue weighted by Crippen LogP contribution is 2.27. The molecule has 0 bridgehead atoms. The zero-order valence-electron chi connectivity index (χ0n) is 17.3. The number of benzene rings is 3. The van der Waals surface area contributed by atoms with Gasteiger partial charge >= 0.3 is 0 Å². The van der Waals surface area contributed by atoms with Crippen LogP contribution in [0, 0.1) is 0 Å². The summed E-state index contributed by atoms with van der Waals surface area (Å²) in [4.78, 5) is 28.8. The van der Waals surface area contributed by atoms with Gasteiger partial charge in [0, 0.05) is 28.7 Å². The number of rotatable bonds is 6. The zero-order chi connectivity index (χ0) is 21.8. The monoisotopic (exact) mass is 413 g/mol. The van der Waals surface area contributed by atoms with E-state index in [9.17, 15) is 9.59 Å². The van der Waals surface area contributed by atoms with E-state index >= 15 is 0 Å². The maximum Gasteiger partial charge on any atom is 0.255 e. The first kappa shape index (κ1) is 20.2. The van der Waals surface area contributed by atoms with Crippen LogP contribution in [0.3, 0.4) is 0 Å². The van der Waals surface area contributed by atoms with E-state index < -0.39 is 0 Å². The topological polar surface area (TPSA) is 83.2 Å². The highest BCUT2D eigenvalue weighted by atomic mass is 16.5. The summed E-state index contributed by atoms with van der Waals surface area (Å²) in [7, 11) is 0. The van der Waals surface area contributed by atoms with Crippen molar-refractivity contribution in [2.75, 3.05) is 5.32 Å². The van der Waals surface area contributed by atoms with E-state index in [4.69, 9.17) is 4.74 Å². The largest absolute Gasteiger partial charge is 0.457 e. The Morgan fingerprint density at radius 3 is 2.45 bits per heavy atom. The Labute approximate surface area is 180 Å². The van der Waals surface area contributed by atoms with Crippen molar-refractivity contribution in [2.24, 2.45) is 0 Å². The molecule has 0 radical (unpaired) electrons. The molecule has 3 N–H and O–H groups in total. The summed E-state index contributed by atoms with van der Waals surface area (Å²) in [6, 6.07) is 21.6. The molecule has 1 aromatic heterocycles. The van der Waals surface area contributed by atoms with Crippen LogP contribution in [0.2, 0.25) is 0 Å². The standard InChI is InChI=1S/C25H23N3O3/c1-16(2)27-25(30)21-15-20(31-19-6-4-3-5-7-19)9-11-23(21)28-24(29)18-8-10-22-17(14-18)12-13-26-22/h3-16,26H,1-2H3,(H,27,30)(H,28,29). The molecule has 6 nitrogen and oxygen atoms in total. The second-order valence-corrected chi connectivity index (χ2v) is 7.48. The summed E-state index contributed by atoms with van der Waals surface area (Å²) in [5.41, 5.74) is 2.21. The molecular formula is C25H23N3O3. The van der Waals surface area contributed by atoms with E-state index in [1.807, 2.05) is 68.6 Å². The Balaban J connectivity index is 1.62. The molecule has 0 spiro atoms. The second kappa shape index (κ2) is 8.75. The van der Waals surface area contributed by atoms with Crippen molar-refractivity contribution in [3.8, 4) is 11.5 Å². The third kappa shape index (κ3) is 4.75. The predicted octanol–water partition coefficient (Wildman–Crippen LogP) is 5.35. The molecule has 0 aliphatic rings. The first-order valence-electron chi connectivity index (χ1n) is 10.1. The molecule has 0 aliphatic heterocycles. The molecular weight excluding hydrogens is 390 g/mol. The number of aromatic amines is 1. The van der Waals surface area contributed by atoms with Gasteiger partial charge in [0.05, 0.1) is 11.3 Å². The van der Waals surface area contributed by atoms with Gasteiger partial charge in [-0.15, -0.1) is 0 Å². The number of carbonyl (C=O) groups excluding carboxylic acids is 2. The van der Waals surface area contributed by atoms with Crippen molar-refractivity contribution in [1.29, 1.82) is 0 Å². The minimum atomic E-state index is -0.293. The molecule has 4 rings (SSSR count). The summed E-state index contributed by atoms with van der Waals surface area (Å²) < 4.78 is 5.86. The highest BCUT2D eigenvalue weighted by Gasteiger charge is 2.17. The van der Waals surface area contributed by atoms with Gasteiger partial charge in [-0.3, -0.25) is 9.59 Å². The van der Waals surface area contributed by atoms with Crippen molar-refractivity contribution in [2.45, 2.75) is 19.9 Å². The minimum absolute atomic E-state index is 0.0502. The summed E-state index contributed by atoms with van der Waals surface area (Å²) >= 11 is 0. The molecule has 0 aliphatic carbocycles. The summed E-state index contributed by atoms with van der Waals surface area (Å²) in [5, 5.41) is 6.68. The summed E-state index contributed by atoms with van der Waals surface area (Å²) in [6.45, 7) is 3.76. The fraction of sp³-hybridized carbons (Fsp3) is 0.120. The molecule has 6 heteroatoms. The van der Waals surface area contributed by atoms with E-state index in [0.29, 0.717) is 28.3 Å². The van der Waals surface area contributed by atoms with Crippen LogP contribution in [-0.2, 0) is 0 Å². The number of hydrogen-bond acceptors (Lipinski definition) is 3. The zero-order valence-corrected chi connectivity index (χ0v) is 17.3. The van der Waals surface area contributed by atoms with Crippen LogP contribution < -0.4 is 15.4 Å².